The molecule has 128 valence electrons. The van der Waals surface area contributed by atoms with Crippen LogP contribution < -0.4 is 10.1 Å². The van der Waals surface area contributed by atoms with Crippen molar-refractivity contribution >= 4 is 11.7 Å². The van der Waals surface area contributed by atoms with Crippen molar-refractivity contribution in [2.75, 3.05) is 39.1 Å². The van der Waals surface area contributed by atoms with Crippen LogP contribution in [0.4, 0.5) is 23.7 Å². The van der Waals surface area contributed by atoms with Crippen molar-refractivity contribution < 1.29 is 22.7 Å². The van der Waals surface area contributed by atoms with Crippen LogP contribution in [0.25, 0.3) is 0 Å². The minimum atomic E-state index is -4.40. The van der Waals surface area contributed by atoms with E-state index in [1.165, 1.54) is 6.07 Å². The molecule has 1 saturated heterocycles. The molecule has 2 rings (SSSR count). The summed E-state index contributed by atoms with van der Waals surface area (Å²) >= 11 is 0. The van der Waals surface area contributed by atoms with Crippen LogP contribution in [0, 0.1) is 6.92 Å². The lowest BCUT2D eigenvalue weighted by Crippen LogP contribution is -2.60. The molecule has 8 heteroatoms. The highest BCUT2D eigenvalue weighted by Gasteiger charge is 2.32. The summed E-state index contributed by atoms with van der Waals surface area (Å²) < 4.78 is 41.5. The highest BCUT2D eigenvalue weighted by atomic mass is 19.4. The molecule has 0 aromatic heterocycles. The van der Waals surface area contributed by atoms with Crippen LogP contribution in [0.1, 0.15) is 5.56 Å². The zero-order valence-corrected chi connectivity index (χ0v) is 13.3. The number of hydrogen-bond acceptors (Lipinski definition) is 3. The number of nitrogens with zero attached hydrogens (tertiary/aromatic N) is 2. The molecule has 0 unspecified atom stereocenters. The number of alkyl halides is 3. The number of carbonyl (C=O) groups excluding carboxylic acids is 1. The number of rotatable bonds is 4. The Morgan fingerprint density at radius 2 is 2.04 bits per heavy atom. The molecule has 0 bridgehead atoms. The van der Waals surface area contributed by atoms with E-state index in [0.717, 1.165) is 0 Å². The Kier molecular flexibility index (Phi) is 5.03. The first kappa shape index (κ1) is 17.4. The van der Waals surface area contributed by atoms with Crippen LogP contribution in [0.15, 0.2) is 18.2 Å². The molecule has 2 amide bonds. The van der Waals surface area contributed by atoms with Gasteiger partial charge < -0.3 is 19.9 Å². The quantitative estimate of drug-likeness (QED) is 0.923. The van der Waals surface area contributed by atoms with E-state index in [1.807, 2.05) is 19.0 Å². The van der Waals surface area contributed by atoms with Gasteiger partial charge in [0.25, 0.3) is 0 Å². The van der Waals surface area contributed by atoms with Crippen molar-refractivity contribution in [2.24, 2.45) is 0 Å². The second kappa shape index (κ2) is 6.66. The van der Waals surface area contributed by atoms with E-state index in [9.17, 15) is 18.0 Å². The molecule has 0 saturated carbocycles. The molecule has 1 aliphatic rings. The summed E-state index contributed by atoms with van der Waals surface area (Å²) in [7, 11) is 3.90. The fourth-order valence-electron chi connectivity index (χ4n) is 2.21. The average molecular weight is 331 g/mol. The maximum absolute atomic E-state index is 12.2. The number of carbonyl (C=O) groups is 1. The summed E-state index contributed by atoms with van der Waals surface area (Å²) in [5, 5.41) is 2.72. The van der Waals surface area contributed by atoms with Crippen LogP contribution in [-0.2, 0) is 0 Å². The van der Waals surface area contributed by atoms with E-state index < -0.39 is 12.8 Å². The Balaban J connectivity index is 1.97. The van der Waals surface area contributed by atoms with Crippen molar-refractivity contribution in [1.82, 2.24) is 9.80 Å². The van der Waals surface area contributed by atoms with Crippen molar-refractivity contribution in [3.8, 4) is 5.75 Å². The van der Waals surface area contributed by atoms with Crippen LogP contribution in [0.3, 0.4) is 0 Å². The number of ether oxygens (including phenoxy) is 1. The molecule has 5 nitrogen and oxygen atoms in total. The molecule has 0 atom stereocenters. The number of likely N-dealkylation sites (N-methyl/N-ethyl adjacent to an activating group) is 1. The minimum Gasteiger partial charge on any atom is -0.484 e. The standard InChI is InChI=1S/C15H20F3N3O2/c1-10-12(5-4-6-13(10)23-9-15(16,17)18)19-14(22)21-7-11(8-21)20(2)3/h4-6,11H,7-9H2,1-3H3,(H,19,22). The molecule has 0 radical (unpaired) electrons. The van der Waals surface area contributed by atoms with E-state index >= 15 is 0 Å². The summed E-state index contributed by atoms with van der Waals surface area (Å²) in [5.74, 6) is 0.106. The molecule has 1 aromatic carbocycles. The summed E-state index contributed by atoms with van der Waals surface area (Å²) in [6.07, 6.45) is -4.40. The number of benzene rings is 1. The Hall–Kier alpha value is -1.96. The van der Waals surface area contributed by atoms with Gasteiger partial charge in [-0.15, -0.1) is 0 Å². The highest BCUT2D eigenvalue weighted by molar-refractivity contribution is 5.91. The number of likely N-dealkylation sites (tertiary alicyclic amines) is 1. The van der Waals surface area contributed by atoms with Gasteiger partial charge in [0.2, 0.25) is 0 Å². The minimum absolute atomic E-state index is 0.106. The molecule has 1 fully saturated rings. The van der Waals surface area contributed by atoms with Gasteiger partial charge in [-0.1, -0.05) is 6.07 Å². The lowest BCUT2D eigenvalue weighted by atomic mass is 10.1. The number of hydrogen-bond donors (Lipinski definition) is 1. The van der Waals surface area contributed by atoms with E-state index in [0.29, 0.717) is 30.4 Å². The van der Waals surface area contributed by atoms with Gasteiger partial charge in [-0.25, -0.2) is 4.79 Å². The first-order valence-electron chi connectivity index (χ1n) is 7.19. The smallest absolute Gasteiger partial charge is 0.422 e. The molecule has 1 aromatic rings. The average Bonchev–Trinajstić information content (AvgIpc) is 2.36. The summed E-state index contributed by atoms with van der Waals surface area (Å²) in [6, 6.07) is 4.70. The van der Waals surface area contributed by atoms with Crippen molar-refractivity contribution in [3.63, 3.8) is 0 Å². The third-order valence-electron chi connectivity index (χ3n) is 3.80. The Morgan fingerprint density at radius 3 is 2.61 bits per heavy atom. The summed E-state index contributed by atoms with van der Waals surface area (Å²) in [5.41, 5.74) is 0.915. The predicted octanol–water partition coefficient (Wildman–Crippen LogP) is 2.71. The lowest BCUT2D eigenvalue weighted by Gasteiger charge is -2.42. The maximum Gasteiger partial charge on any atom is 0.422 e. The van der Waals surface area contributed by atoms with Crippen molar-refractivity contribution in [3.05, 3.63) is 23.8 Å². The fraction of sp³-hybridized carbons (Fsp3) is 0.533. The van der Waals surface area contributed by atoms with Gasteiger partial charge in [0, 0.05) is 30.4 Å². The van der Waals surface area contributed by atoms with Gasteiger partial charge in [0.1, 0.15) is 5.75 Å². The number of amides is 2. The maximum atomic E-state index is 12.2. The number of anilines is 1. The second-order valence-corrected chi connectivity index (χ2v) is 5.79. The Morgan fingerprint density at radius 1 is 1.39 bits per heavy atom. The molecule has 0 aliphatic carbocycles. The van der Waals surface area contributed by atoms with Gasteiger partial charge >= 0.3 is 12.2 Å². The normalized spacial score (nSPS) is 15.5. The predicted molar refractivity (Wildman–Crippen MR) is 80.8 cm³/mol. The fourth-order valence-corrected chi connectivity index (χ4v) is 2.21. The van der Waals surface area contributed by atoms with Gasteiger partial charge in [-0.2, -0.15) is 13.2 Å². The molecule has 1 heterocycles. The number of halogens is 3. The van der Waals surface area contributed by atoms with Crippen LogP contribution in [0.2, 0.25) is 0 Å². The van der Waals surface area contributed by atoms with Crippen molar-refractivity contribution in [1.29, 1.82) is 0 Å². The van der Waals surface area contributed by atoms with Crippen LogP contribution in [0.5, 0.6) is 5.75 Å². The monoisotopic (exact) mass is 331 g/mol. The summed E-state index contributed by atoms with van der Waals surface area (Å²) in [6.45, 7) is 1.51. The van der Waals surface area contributed by atoms with Crippen LogP contribution >= 0.6 is 0 Å². The molecule has 23 heavy (non-hydrogen) atoms. The second-order valence-electron chi connectivity index (χ2n) is 5.79. The molecule has 0 spiro atoms. The van der Waals surface area contributed by atoms with Gasteiger partial charge in [-0.3, -0.25) is 0 Å². The largest absolute Gasteiger partial charge is 0.484 e. The third kappa shape index (κ3) is 4.51. The number of nitrogens with one attached hydrogen (secondary N) is 1. The molecular weight excluding hydrogens is 311 g/mol. The number of urea groups is 1. The lowest BCUT2D eigenvalue weighted by molar-refractivity contribution is -0.153. The third-order valence-corrected chi connectivity index (χ3v) is 3.80. The zero-order chi connectivity index (χ0) is 17.2. The van der Waals surface area contributed by atoms with E-state index in [-0.39, 0.29) is 11.8 Å². The molecule has 1 N–H and O–H groups in total. The zero-order valence-electron chi connectivity index (χ0n) is 13.3. The van der Waals surface area contributed by atoms with Crippen molar-refractivity contribution in [2.45, 2.75) is 19.1 Å². The van der Waals surface area contributed by atoms with Gasteiger partial charge in [0.05, 0.1) is 0 Å². The summed E-state index contributed by atoms with van der Waals surface area (Å²) in [4.78, 5) is 15.8. The van der Waals surface area contributed by atoms with E-state index in [1.54, 1.807) is 24.0 Å². The van der Waals surface area contributed by atoms with Gasteiger partial charge in [0.15, 0.2) is 6.61 Å². The van der Waals surface area contributed by atoms with E-state index in [4.69, 9.17) is 4.74 Å². The van der Waals surface area contributed by atoms with Crippen LogP contribution in [-0.4, -0.2) is 61.8 Å². The first-order valence-corrected chi connectivity index (χ1v) is 7.19. The first-order chi connectivity index (χ1) is 10.7. The van der Waals surface area contributed by atoms with Gasteiger partial charge in [-0.05, 0) is 33.2 Å². The highest BCUT2D eigenvalue weighted by Crippen LogP contribution is 2.28. The van der Waals surface area contributed by atoms with E-state index in [2.05, 4.69) is 5.32 Å². The Bertz CT molecular complexity index is 570. The molecule has 1 aliphatic heterocycles. The SMILES string of the molecule is Cc1c(NC(=O)N2CC(N(C)C)C2)cccc1OCC(F)(F)F. The topological polar surface area (TPSA) is 44.8 Å². The Labute approximate surface area is 133 Å². The molecular formula is C15H20F3N3O2.